The van der Waals surface area contributed by atoms with E-state index in [0.717, 1.165) is 48.6 Å². The van der Waals surface area contributed by atoms with Crippen molar-refractivity contribution in [3.8, 4) is 6.07 Å². The molecule has 0 aliphatic carbocycles. The number of carbonyl (C=O) groups is 1. The zero-order valence-corrected chi connectivity index (χ0v) is 11.1. The van der Waals surface area contributed by atoms with Crippen LogP contribution in [0, 0.1) is 11.3 Å². The van der Waals surface area contributed by atoms with Crippen LogP contribution >= 0.6 is 0 Å². The Bertz CT molecular complexity index is 690. The molecule has 0 bridgehead atoms. The molecule has 1 aromatic carbocycles. The summed E-state index contributed by atoms with van der Waals surface area (Å²) >= 11 is 0. The van der Waals surface area contributed by atoms with Gasteiger partial charge in [-0.15, -0.1) is 0 Å². The van der Waals surface area contributed by atoms with Crippen molar-refractivity contribution in [1.82, 2.24) is 4.98 Å². The number of fused-ring (bicyclic) bond motifs is 1. The van der Waals surface area contributed by atoms with Crippen LogP contribution in [0.15, 0.2) is 30.5 Å². The number of pyridine rings is 1. The fraction of sp³-hybridized carbons (Fsp3) is 0.312. The highest BCUT2D eigenvalue weighted by Gasteiger charge is 2.22. The quantitative estimate of drug-likeness (QED) is 0.783. The highest BCUT2D eigenvalue weighted by Crippen LogP contribution is 2.28. The first kappa shape index (κ1) is 12.6. The fourth-order valence-electron chi connectivity index (χ4n) is 2.85. The van der Waals surface area contributed by atoms with Crippen molar-refractivity contribution in [3.63, 3.8) is 0 Å². The molecule has 0 saturated carbocycles. The van der Waals surface area contributed by atoms with Crippen LogP contribution in [0.2, 0.25) is 0 Å². The standard InChI is InChI=1S/C16H15N3O/c17-10-16-15-5-4-13(9-12(15)6-7-18-16)19-8-2-1-3-14(19)11-20/h4-7,9,11,14H,1-3,8H2/t14-/m1/s1. The van der Waals surface area contributed by atoms with Crippen molar-refractivity contribution in [2.75, 3.05) is 11.4 Å². The molecule has 3 rings (SSSR count). The number of rotatable bonds is 2. The Labute approximate surface area is 117 Å². The molecule has 100 valence electrons. The van der Waals surface area contributed by atoms with Crippen molar-refractivity contribution in [3.05, 3.63) is 36.2 Å². The third-order valence-corrected chi connectivity index (χ3v) is 3.89. The molecule has 1 aromatic heterocycles. The molecule has 1 fully saturated rings. The van der Waals surface area contributed by atoms with Crippen LogP contribution in [0.5, 0.6) is 0 Å². The van der Waals surface area contributed by atoms with Crippen molar-refractivity contribution in [1.29, 1.82) is 5.26 Å². The van der Waals surface area contributed by atoms with E-state index < -0.39 is 0 Å². The van der Waals surface area contributed by atoms with E-state index in [1.165, 1.54) is 0 Å². The maximum Gasteiger partial charge on any atom is 0.148 e. The summed E-state index contributed by atoms with van der Waals surface area (Å²) < 4.78 is 0. The first-order valence-electron chi connectivity index (χ1n) is 6.84. The number of aldehydes is 1. The molecule has 1 aliphatic heterocycles. The molecule has 4 heteroatoms. The van der Waals surface area contributed by atoms with E-state index in [1.54, 1.807) is 6.20 Å². The predicted octanol–water partition coefficient (Wildman–Crippen LogP) is 2.66. The largest absolute Gasteiger partial charge is 0.362 e. The minimum atomic E-state index is -0.0292. The van der Waals surface area contributed by atoms with Crippen LogP contribution in [-0.4, -0.2) is 23.9 Å². The topological polar surface area (TPSA) is 57.0 Å². The van der Waals surface area contributed by atoms with Gasteiger partial charge in [0, 0.05) is 23.8 Å². The smallest absolute Gasteiger partial charge is 0.148 e. The summed E-state index contributed by atoms with van der Waals surface area (Å²) in [5.41, 5.74) is 1.49. The Morgan fingerprint density at radius 2 is 2.25 bits per heavy atom. The number of carbonyl (C=O) groups excluding carboxylic acids is 1. The van der Waals surface area contributed by atoms with Crippen LogP contribution in [0.25, 0.3) is 10.8 Å². The molecule has 0 N–H and O–H groups in total. The van der Waals surface area contributed by atoms with Crippen LogP contribution in [0.4, 0.5) is 5.69 Å². The lowest BCUT2D eigenvalue weighted by molar-refractivity contribution is -0.109. The summed E-state index contributed by atoms with van der Waals surface area (Å²) in [4.78, 5) is 17.4. The number of nitrogens with zero attached hydrogens (tertiary/aromatic N) is 3. The van der Waals surface area contributed by atoms with Gasteiger partial charge in [-0.1, -0.05) is 0 Å². The van der Waals surface area contributed by atoms with E-state index in [2.05, 4.69) is 16.0 Å². The van der Waals surface area contributed by atoms with Gasteiger partial charge in [-0.3, -0.25) is 0 Å². The zero-order valence-electron chi connectivity index (χ0n) is 11.1. The van der Waals surface area contributed by atoms with E-state index >= 15 is 0 Å². The normalized spacial score (nSPS) is 18.8. The van der Waals surface area contributed by atoms with Crippen molar-refractivity contribution >= 4 is 22.7 Å². The number of hydrogen-bond donors (Lipinski definition) is 0. The maximum absolute atomic E-state index is 11.2. The minimum Gasteiger partial charge on any atom is -0.362 e. The van der Waals surface area contributed by atoms with Crippen LogP contribution < -0.4 is 4.90 Å². The third kappa shape index (κ3) is 2.12. The van der Waals surface area contributed by atoms with Gasteiger partial charge < -0.3 is 9.69 Å². The molecule has 0 amide bonds. The number of hydrogen-bond acceptors (Lipinski definition) is 4. The van der Waals surface area contributed by atoms with Gasteiger partial charge in [-0.05, 0) is 48.9 Å². The Hall–Kier alpha value is -2.41. The molecule has 1 saturated heterocycles. The number of aromatic nitrogens is 1. The molecular weight excluding hydrogens is 250 g/mol. The lowest BCUT2D eigenvalue weighted by Crippen LogP contribution is -2.40. The lowest BCUT2D eigenvalue weighted by Gasteiger charge is -2.34. The van der Waals surface area contributed by atoms with Crippen LogP contribution in [-0.2, 0) is 4.79 Å². The molecule has 4 nitrogen and oxygen atoms in total. The zero-order chi connectivity index (χ0) is 13.9. The van der Waals surface area contributed by atoms with Gasteiger partial charge in [-0.25, -0.2) is 4.98 Å². The summed E-state index contributed by atoms with van der Waals surface area (Å²) in [5.74, 6) is 0. The summed E-state index contributed by atoms with van der Waals surface area (Å²) in [6.45, 7) is 0.908. The second-order valence-electron chi connectivity index (χ2n) is 5.07. The van der Waals surface area contributed by atoms with Gasteiger partial charge >= 0.3 is 0 Å². The minimum absolute atomic E-state index is 0.0292. The van der Waals surface area contributed by atoms with E-state index in [9.17, 15) is 4.79 Å². The van der Waals surface area contributed by atoms with Gasteiger partial charge in [0.2, 0.25) is 0 Å². The summed E-state index contributed by atoms with van der Waals surface area (Å²) in [5, 5.41) is 10.9. The number of piperidine rings is 1. The molecule has 1 aliphatic rings. The van der Waals surface area contributed by atoms with Gasteiger partial charge in [0.05, 0.1) is 6.04 Å². The van der Waals surface area contributed by atoms with Crippen molar-refractivity contribution < 1.29 is 4.79 Å². The van der Waals surface area contributed by atoms with Gasteiger partial charge in [0.25, 0.3) is 0 Å². The maximum atomic E-state index is 11.2. The van der Waals surface area contributed by atoms with Gasteiger partial charge in [0.15, 0.2) is 0 Å². The highest BCUT2D eigenvalue weighted by molar-refractivity contribution is 5.89. The molecule has 0 spiro atoms. The number of nitriles is 1. The van der Waals surface area contributed by atoms with Crippen molar-refractivity contribution in [2.24, 2.45) is 0 Å². The number of anilines is 1. The molecule has 20 heavy (non-hydrogen) atoms. The Balaban J connectivity index is 2.05. The second-order valence-corrected chi connectivity index (χ2v) is 5.07. The van der Waals surface area contributed by atoms with E-state index in [1.807, 2.05) is 24.3 Å². The van der Waals surface area contributed by atoms with E-state index in [-0.39, 0.29) is 6.04 Å². The summed E-state index contributed by atoms with van der Waals surface area (Å²) in [6, 6.07) is 9.92. The summed E-state index contributed by atoms with van der Waals surface area (Å²) in [7, 11) is 0. The van der Waals surface area contributed by atoms with E-state index in [0.29, 0.717) is 5.69 Å². The average molecular weight is 265 g/mol. The first-order valence-corrected chi connectivity index (χ1v) is 6.84. The predicted molar refractivity (Wildman–Crippen MR) is 77.5 cm³/mol. The molecule has 1 atom stereocenters. The average Bonchev–Trinajstić information content (AvgIpc) is 2.53. The highest BCUT2D eigenvalue weighted by atomic mass is 16.1. The van der Waals surface area contributed by atoms with Crippen LogP contribution in [0.1, 0.15) is 25.0 Å². The Kier molecular flexibility index (Phi) is 3.34. The lowest BCUT2D eigenvalue weighted by atomic mass is 10.0. The Morgan fingerprint density at radius 3 is 3.05 bits per heavy atom. The first-order chi connectivity index (χ1) is 9.83. The SMILES string of the molecule is N#Cc1nccc2cc(N3CCCC[C@@H]3C=O)ccc12. The summed E-state index contributed by atoms with van der Waals surface area (Å²) in [6.07, 6.45) is 5.83. The van der Waals surface area contributed by atoms with Gasteiger partial charge in [-0.2, -0.15) is 5.26 Å². The Morgan fingerprint density at radius 1 is 1.35 bits per heavy atom. The third-order valence-electron chi connectivity index (χ3n) is 3.89. The van der Waals surface area contributed by atoms with E-state index in [4.69, 9.17) is 5.26 Å². The fourth-order valence-corrected chi connectivity index (χ4v) is 2.85. The molecular formula is C16H15N3O. The monoisotopic (exact) mass is 265 g/mol. The molecule has 0 unspecified atom stereocenters. The van der Waals surface area contributed by atoms with Crippen LogP contribution in [0.3, 0.4) is 0 Å². The van der Waals surface area contributed by atoms with Crippen molar-refractivity contribution in [2.45, 2.75) is 25.3 Å². The molecule has 0 radical (unpaired) electrons. The number of benzene rings is 1. The van der Waals surface area contributed by atoms with Gasteiger partial charge in [0.1, 0.15) is 18.0 Å². The molecule has 2 aromatic rings. The second kappa shape index (κ2) is 5.30. The molecule has 2 heterocycles.